The quantitative estimate of drug-likeness (QED) is 0.783. The van der Waals surface area contributed by atoms with E-state index in [-0.39, 0.29) is 6.61 Å². The van der Waals surface area contributed by atoms with Crippen LogP contribution < -0.4 is 5.32 Å². The number of alkyl carbamates (subject to hydrolysis) is 1. The number of hydrogen-bond donors (Lipinski definition) is 2. The Balaban J connectivity index is 2.59. The molecular formula is C13H25NO3. The Hall–Kier alpha value is -0.770. The maximum Gasteiger partial charge on any atom is 0.408 e. The molecule has 0 saturated heterocycles. The first kappa shape index (κ1) is 14.3. The summed E-state index contributed by atoms with van der Waals surface area (Å²) >= 11 is 0. The second-order valence-corrected chi connectivity index (χ2v) is 6.27. The summed E-state index contributed by atoms with van der Waals surface area (Å²) in [7, 11) is 0. The molecule has 0 aromatic heterocycles. The van der Waals surface area contributed by atoms with Crippen LogP contribution in [-0.2, 0) is 4.74 Å². The van der Waals surface area contributed by atoms with Gasteiger partial charge in [0.25, 0.3) is 0 Å². The molecule has 0 spiro atoms. The Kier molecular flexibility index (Phi) is 4.42. The fourth-order valence-electron chi connectivity index (χ4n) is 2.48. The molecule has 0 heterocycles. The fourth-order valence-corrected chi connectivity index (χ4v) is 2.48. The first-order valence-corrected chi connectivity index (χ1v) is 6.38. The molecule has 0 aromatic rings. The molecule has 4 nitrogen and oxygen atoms in total. The van der Waals surface area contributed by atoms with Gasteiger partial charge in [0.15, 0.2) is 0 Å². The summed E-state index contributed by atoms with van der Waals surface area (Å²) in [4.78, 5) is 11.8. The van der Waals surface area contributed by atoms with E-state index in [0.29, 0.717) is 5.92 Å². The summed E-state index contributed by atoms with van der Waals surface area (Å²) in [5, 5.41) is 12.4. The minimum Gasteiger partial charge on any atom is -0.444 e. The van der Waals surface area contributed by atoms with Crippen molar-refractivity contribution in [3.8, 4) is 0 Å². The van der Waals surface area contributed by atoms with Crippen LogP contribution in [-0.4, -0.2) is 28.9 Å². The van der Waals surface area contributed by atoms with Crippen LogP contribution in [0.1, 0.15) is 53.4 Å². The zero-order valence-corrected chi connectivity index (χ0v) is 11.4. The SMILES string of the molecule is CC1CCCC(CO)(NC(=O)OC(C)(C)C)C1. The zero-order chi connectivity index (χ0) is 13.1. The number of aliphatic hydroxyl groups excluding tert-OH is 1. The van der Waals surface area contributed by atoms with Gasteiger partial charge in [-0.1, -0.05) is 19.8 Å². The molecule has 100 valence electrons. The summed E-state index contributed by atoms with van der Waals surface area (Å²) in [5.74, 6) is 0.533. The summed E-state index contributed by atoms with van der Waals surface area (Å²) < 4.78 is 5.24. The van der Waals surface area contributed by atoms with Gasteiger partial charge in [0.05, 0.1) is 12.1 Å². The Labute approximate surface area is 104 Å². The van der Waals surface area contributed by atoms with Gasteiger partial charge in [-0.3, -0.25) is 0 Å². The van der Waals surface area contributed by atoms with Gasteiger partial charge in [-0.05, 0) is 39.5 Å². The number of amides is 1. The highest BCUT2D eigenvalue weighted by Crippen LogP contribution is 2.32. The normalized spacial score (nSPS) is 29.8. The highest BCUT2D eigenvalue weighted by atomic mass is 16.6. The van der Waals surface area contributed by atoms with Crippen molar-refractivity contribution in [3.05, 3.63) is 0 Å². The maximum absolute atomic E-state index is 11.8. The molecule has 0 radical (unpaired) electrons. The summed E-state index contributed by atoms with van der Waals surface area (Å²) in [6.07, 6.45) is 3.42. The van der Waals surface area contributed by atoms with Crippen molar-refractivity contribution in [1.29, 1.82) is 0 Å². The van der Waals surface area contributed by atoms with E-state index in [1.54, 1.807) is 0 Å². The van der Waals surface area contributed by atoms with Crippen LogP contribution in [0.2, 0.25) is 0 Å². The Morgan fingerprint density at radius 2 is 2.18 bits per heavy atom. The molecule has 1 saturated carbocycles. The van der Waals surface area contributed by atoms with E-state index < -0.39 is 17.2 Å². The van der Waals surface area contributed by atoms with Crippen LogP contribution in [0.25, 0.3) is 0 Å². The van der Waals surface area contributed by atoms with Crippen molar-refractivity contribution in [3.63, 3.8) is 0 Å². The topological polar surface area (TPSA) is 58.6 Å². The lowest BCUT2D eigenvalue weighted by Gasteiger charge is -2.39. The summed E-state index contributed by atoms with van der Waals surface area (Å²) in [6, 6.07) is 0. The Bertz CT molecular complexity index is 272. The zero-order valence-electron chi connectivity index (χ0n) is 11.4. The average Bonchev–Trinajstić information content (AvgIpc) is 2.14. The largest absolute Gasteiger partial charge is 0.444 e. The predicted molar refractivity (Wildman–Crippen MR) is 66.8 cm³/mol. The smallest absolute Gasteiger partial charge is 0.408 e. The number of aliphatic hydroxyl groups is 1. The van der Waals surface area contributed by atoms with Gasteiger partial charge in [-0.25, -0.2) is 4.79 Å². The van der Waals surface area contributed by atoms with Gasteiger partial charge < -0.3 is 15.2 Å². The molecule has 4 heteroatoms. The second kappa shape index (κ2) is 5.25. The van der Waals surface area contributed by atoms with E-state index in [2.05, 4.69) is 12.2 Å². The lowest BCUT2D eigenvalue weighted by atomic mass is 9.77. The fraction of sp³-hybridized carbons (Fsp3) is 0.923. The Morgan fingerprint density at radius 3 is 2.65 bits per heavy atom. The molecule has 1 fully saturated rings. The predicted octanol–water partition coefficient (Wildman–Crippen LogP) is 2.45. The van der Waals surface area contributed by atoms with Crippen LogP contribution in [0.5, 0.6) is 0 Å². The van der Waals surface area contributed by atoms with E-state index in [9.17, 15) is 9.90 Å². The lowest BCUT2D eigenvalue weighted by Crippen LogP contribution is -2.54. The third kappa shape index (κ3) is 4.54. The molecule has 1 rings (SSSR count). The van der Waals surface area contributed by atoms with Crippen molar-refractivity contribution in [2.24, 2.45) is 5.92 Å². The molecule has 2 atom stereocenters. The van der Waals surface area contributed by atoms with E-state index in [1.807, 2.05) is 20.8 Å². The molecule has 17 heavy (non-hydrogen) atoms. The highest BCUT2D eigenvalue weighted by molar-refractivity contribution is 5.68. The van der Waals surface area contributed by atoms with E-state index >= 15 is 0 Å². The van der Waals surface area contributed by atoms with Crippen molar-refractivity contribution in [2.45, 2.75) is 64.5 Å². The van der Waals surface area contributed by atoms with Gasteiger partial charge in [0.2, 0.25) is 0 Å². The van der Waals surface area contributed by atoms with Crippen LogP contribution in [0.15, 0.2) is 0 Å². The second-order valence-electron chi connectivity index (χ2n) is 6.27. The minimum absolute atomic E-state index is 0.0173. The summed E-state index contributed by atoms with van der Waals surface area (Å²) in [6.45, 7) is 7.64. The molecule has 2 N–H and O–H groups in total. The molecule has 1 aliphatic carbocycles. The van der Waals surface area contributed by atoms with Crippen LogP contribution in [0.3, 0.4) is 0 Å². The van der Waals surface area contributed by atoms with Crippen LogP contribution in [0, 0.1) is 5.92 Å². The van der Waals surface area contributed by atoms with Crippen molar-refractivity contribution in [1.82, 2.24) is 5.32 Å². The van der Waals surface area contributed by atoms with Crippen molar-refractivity contribution >= 4 is 6.09 Å². The number of rotatable bonds is 2. The van der Waals surface area contributed by atoms with Gasteiger partial charge in [0, 0.05) is 0 Å². The number of carbonyl (C=O) groups is 1. The summed E-state index contributed by atoms with van der Waals surface area (Å²) in [5.41, 5.74) is -0.985. The third-order valence-corrected chi connectivity index (χ3v) is 3.16. The van der Waals surface area contributed by atoms with Crippen LogP contribution >= 0.6 is 0 Å². The molecular weight excluding hydrogens is 218 g/mol. The third-order valence-electron chi connectivity index (χ3n) is 3.16. The van der Waals surface area contributed by atoms with Crippen LogP contribution in [0.4, 0.5) is 4.79 Å². The lowest BCUT2D eigenvalue weighted by molar-refractivity contribution is 0.0307. The van der Waals surface area contributed by atoms with Crippen molar-refractivity contribution < 1.29 is 14.6 Å². The van der Waals surface area contributed by atoms with Gasteiger partial charge in [-0.15, -0.1) is 0 Å². The minimum atomic E-state index is -0.499. The monoisotopic (exact) mass is 243 g/mol. The average molecular weight is 243 g/mol. The Morgan fingerprint density at radius 1 is 1.53 bits per heavy atom. The molecule has 1 aliphatic rings. The number of hydrogen-bond acceptors (Lipinski definition) is 3. The number of ether oxygens (including phenoxy) is 1. The molecule has 0 aromatic carbocycles. The van der Waals surface area contributed by atoms with E-state index in [0.717, 1.165) is 25.7 Å². The van der Waals surface area contributed by atoms with E-state index in [1.165, 1.54) is 0 Å². The van der Waals surface area contributed by atoms with Gasteiger partial charge in [-0.2, -0.15) is 0 Å². The first-order valence-electron chi connectivity index (χ1n) is 6.38. The van der Waals surface area contributed by atoms with E-state index in [4.69, 9.17) is 4.74 Å². The van der Waals surface area contributed by atoms with Gasteiger partial charge in [0.1, 0.15) is 5.60 Å². The maximum atomic E-state index is 11.8. The number of carbonyl (C=O) groups excluding carboxylic acids is 1. The van der Waals surface area contributed by atoms with Crippen molar-refractivity contribution in [2.75, 3.05) is 6.61 Å². The molecule has 0 aliphatic heterocycles. The molecule has 1 amide bonds. The van der Waals surface area contributed by atoms with Gasteiger partial charge >= 0.3 is 6.09 Å². The standard InChI is InChI=1S/C13H25NO3/c1-10-6-5-7-13(8-10,9-15)14-11(16)17-12(2,3)4/h10,15H,5-9H2,1-4H3,(H,14,16). The molecule has 2 unspecified atom stereocenters. The highest BCUT2D eigenvalue weighted by Gasteiger charge is 2.36. The molecule has 0 bridgehead atoms. The number of nitrogens with one attached hydrogen (secondary N) is 1. The first-order chi connectivity index (χ1) is 7.76.